The summed E-state index contributed by atoms with van der Waals surface area (Å²) in [6, 6.07) is 12.1. The summed E-state index contributed by atoms with van der Waals surface area (Å²) >= 11 is 5.76. The van der Waals surface area contributed by atoms with Gasteiger partial charge in [-0.1, -0.05) is 29.8 Å². The molecule has 0 aliphatic heterocycles. The molecule has 0 radical (unpaired) electrons. The predicted octanol–water partition coefficient (Wildman–Crippen LogP) is 2.05. The van der Waals surface area contributed by atoms with Crippen LogP contribution >= 0.6 is 11.6 Å². The summed E-state index contributed by atoms with van der Waals surface area (Å²) in [7, 11) is 0. The first-order valence-corrected chi connectivity index (χ1v) is 7.61. The van der Waals surface area contributed by atoms with Crippen LogP contribution in [0.1, 0.15) is 27.6 Å². The Balaban J connectivity index is 1.90. The van der Waals surface area contributed by atoms with Gasteiger partial charge in [0.15, 0.2) is 6.10 Å². The van der Waals surface area contributed by atoms with Gasteiger partial charge in [-0.2, -0.15) is 0 Å². The van der Waals surface area contributed by atoms with Gasteiger partial charge in [-0.3, -0.25) is 20.4 Å². The number of halogens is 1. The van der Waals surface area contributed by atoms with Crippen LogP contribution in [0.5, 0.6) is 5.75 Å². The van der Waals surface area contributed by atoms with E-state index in [4.69, 9.17) is 16.3 Å². The smallest absolute Gasteiger partial charge is 0.342 e. The fourth-order valence-electron chi connectivity index (χ4n) is 1.83. The number of benzene rings is 2. The van der Waals surface area contributed by atoms with Crippen molar-refractivity contribution in [1.82, 2.24) is 10.9 Å². The molecule has 2 rings (SSSR count). The number of rotatable bonds is 4. The maximum atomic E-state index is 12.0. The number of carbonyl (C=O) groups is 3. The van der Waals surface area contributed by atoms with Crippen LogP contribution < -0.4 is 10.9 Å². The van der Waals surface area contributed by atoms with E-state index in [1.807, 2.05) is 0 Å². The summed E-state index contributed by atoms with van der Waals surface area (Å²) in [5, 5.41) is 9.88. The van der Waals surface area contributed by atoms with Crippen molar-refractivity contribution >= 4 is 29.4 Å². The Hall–Kier alpha value is -3.06. The summed E-state index contributed by atoms with van der Waals surface area (Å²) in [5.74, 6) is -2.49. The molecule has 0 bridgehead atoms. The number of phenolic OH excluding ortho intramolecular Hbond substituents is 1. The van der Waals surface area contributed by atoms with Gasteiger partial charge in [0.1, 0.15) is 11.3 Å². The van der Waals surface area contributed by atoms with Crippen molar-refractivity contribution in [3.8, 4) is 5.75 Å². The molecule has 3 N–H and O–H groups in total. The lowest BCUT2D eigenvalue weighted by Gasteiger charge is -2.14. The van der Waals surface area contributed by atoms with Crippen LogP contribution in [-0.2, 0) is 9.53 Å². The third kappa shape index (κ3) is 4.95. The average Bonchev–Trinajstić information content (AvgIpc) is 2.61. The fraction of sp³-hybridized carbons (Fsp3) is 0.118. The lowest BCUT2D eigenvalue weighted by atomic mass is 10.2. The number of hydrogen-bond donors (Lipinski definition) is 3. The Morgan fingerprint density at radius 3 is 2.44 bits per heavy atom. The standard InChI is InChI=1S/C17H15ClN2O5/c1-10(25-17(24)13-9-12(18)7-8-14(13)21)15(22)19-20-16(23)11-5-3-2-4-6-11/h2-10,21H,1H3,(H,19,22)(H,20,23). The molecule has 0 saturated heterocycles. The second kappa shape index (κ2) is 8.16. The quantitative estimate of drug-likeness (QED) is 0.570. The van der Waals surface area contributed by atoms with Gasteiger partial charge in [-0.25, -0.2) is 4.79 Å². The van der Waals surface area contributed by atoms with Crippen molar-refractivity contribution in [1.29, 1.82) is 0 Å². The third-order valence-electron chi connectivity index (χ3n) is 3.17. The van der Waals surface area contributed by atoms with Crippen LogP contribution in [0.3, 0.4) is 0 Å². The van der Waals surface area contributed by atoms with Crippen molar-refractivity contribution in [3.63, 3.8) is 0 Å². The molecule has 8 heteroatoms. The molecule has 0 fully saturated rings. The molecular formula is C17H15ClN2O5. The average molecular weight is 363 g/mol. The van der Waals surface area contributed by atoms with Gasteiger partial charge in [0.05, 0.1) is 0 Å². The highest BCUT2D eigenvalue weighted by Gasteiger charge is 2.21. The molecule has 2 amide bonds. The third-order valence-corrected chi connectivity index (χ3v) is 3.40. The highest BCUT2D eigenvalue weighted by atomic mass is 35.5. The largest absolute Gasteiger partial charge is 0.507 e. The summed E-state index contributed by atoms with van der Waals surface area (Å²) in [6.45, 7) is 1.32. The molecule has 0 saturated carbocycles. The van der Waals surface area contributed by atoms with E-state index < -0.39 is 23.9 Å². The maximum absolute atomic E-state index is 12.0. The molecule has 0 spiro atoms. The van der Waals surface area contributed by atoms with Crippen LogP contribution in [0.15, 0.2) is 48.5 Å². The normalized spacial score (nSPS) is 11.3. The summed E-state index contributed by atoms with van der Waals surface area (Å²) in [4.78, 5) is 35.7. The van der Waals surface area contributed by atoms with Gasteiger partial charge in [0.25, 0.3) is 11.8 Å². The summed E-state index contributed by atoms with van der Waals surface area (Å²) in [5.41, 5.74) is 4.56. The number of ether oxygens (including phenoxy) is 1. The van der Waals surface area contributed by atoms with Crippen molar-refractivity contribution in [2.45, 2.75) is 13.0 Å². The second-order valence-corrected chi connectivity index (χ2v) is 5.45. The van der Waals surface area contributed by atoms with E-state index in [1.165, 1.54) is 25.1 Å². The summed E-state index contributed by atoms with van der Waals surface area (Å²) in [6.07, 6.45) is -1.21. The lowest BCUT2D eigenvalue weighted by Crippen LogP contribution is -2.46. The lowest BCUT2D eigenvalue weighted by molar-refractivity contribution is -0.129. The van der Waals surface area contributed by atoms with Crippen molar-refractivity contribution in [3.05, 3.63) is 64.7 Å². The van der Waals surface area contributed by atoms with E-state index in [9.17, 15) is 19.5 Å². The fourth-order valence-corrected chi connectivity index (χ4v) is 2.00. The number of hydrogen-bond acceptors (Lipinski definition) is 5. The molecule has 0 aliphatic rings. The molecule has 1 unspecified atom stereocenters. The summed E-state index contributed by atoms with van der Waals surface area (Å²) < 4.78 is 4.95. The Kier molecular flexibility index (Phi) is 5.97. The van der Waals surface area contributed by atoms with E-state index in [0.717, 1.165) is 0 Å². The van der Waals surface area contributed by atoms with Crippen molar-refractivity contribution < 1.29 is 24.2 Å². The van der Waals surface area contributed by atoms with Crippen LogP contribution in [-0.4, -0.2) is 29.0 Å². The first-order chi connectivity index (χ1) is 11.9. The molecule has 0 aliphatic carbocycles. The Morgan fingerprint density at radius 2 is 1.76 bits per heavy atom. The number of esters is 1. The molecule has 0 aromatic heterocycles. The van der Waals surface area contributed by atoms with E-state index in [1.54, 1.807) is 30.3 Å². The molecule has 25 heavy (non-hydrogen) atoms. The minimum Gasteiger partial charge on any atom is -0.507 e. The number of carbonyl (C=O) groups excluding carboxylic acids is 3. The Bertz CT molecular complexity index is 795. The zero-order chi connectivity index (χ0) is 18.4. The minimum absolute atomic E-state index is 0.166. The van der Waals surface area contributed by atoms with Gasteiger partial charge in [0.2, 0.25) is 0 Å². The van der Waals surface area contributed by atoms with Crippen molar-refractivity contribution in [2.75, 3.05) is 0 Å². The van der Waals surface area contributed by atoms with Crippen LogP contribution in [0.2, 0.25) is 5.02 Å². The topological polar surface area (TPSA) is 105 Å². The molecule has 7 nitrogen and oxygen atoms in total. The molecule has 1 atom stereocenters. The van der Waals surface area contributed by atoms with Gasteiger partial charge in [-0.15, -0.1) is 0 Å². The maximum Gasteiger partial charge on any atom is 0.342 e. The minimum atomic E-state index is -1.21. The van der Waals surface area contributed by atoms with Gasteiger partial charge in [-0.05, 0) is 37.3 Å². The number of nitrogens with one attached hydrogen (secondary N) is 2. The first-order valence-electron chi connectivity index (χ1n) is 7.23. The number of amides is 2. The van der Waals surface area contributed by atoms with E-state index in [2.05, 4.69) is 10.9 Å². The highest BCUT2D eigenvalue weighted by molar-refractivity contribution is 6.31. The zero-order valence-electron chi connectivity index (χ0n) is 13.2. The number of hydrazine groups is 1. The van der Waals surface area contributed by atoms with E-state index in [-0.39, 0.29) is 16.3 Å². The molecule has 2 aromatic rings. The SMILES string of the molecule is CC(OC(=O)c1cc(Cl)ccc1O)C(=O)NNC(=O)c1ccccc1. The van der Waals surface area contributed by atoms with Crippen LogP contribution in [0.25, 0.3) is 0 Å². The van der Waals surface area contributed by atoms with Crippen LogP contribution in [0, 0.1) is 0 Å². The molecule has 0 heterocycles. The molecular weight excluding hydrogens is 348 g/mol. The molecule has 130 valence electrons. The Morgan fingerprint density at radius 1 is 1.08 bits per heavy atom. The van der Waals surface area contributed by atoms with E-state index in [0.29, 0.717) is 5.56 Å². The monoisotopic (exact) mass is 362 g/mol. The predicted molar refractivity (Wildman–Crippen MR) is 90.0 cm³/mol. The first kappa shape index (κ1) is 18.3. The van der Waals surface area contributed by atoms with Crippen molar-refractivity contribution in [2.24, 2.45) is 0 Å². The zero-order valence-corrected chi connectivity index (χ0v) is 13.9. The highest BCUT2D eigenvalue weighted by Crippen LogP contribution is 2.22. The van der Waals surface area contributed by atoms with Gasteiger partial charge >= 0.3 is 5.97 Å². The second-order valence-electron chi connectivity index (χ2n) is 5.02. The van der Waals surface area contributed by atoms with E-state index >= 15 is 0 Å². The number of phenols is 1. The number of aromatic hydroxyl groups is 1. The van der Waals surface area contributed by atoms with Gasteiger partial charge in [0, 0.05) is 10.6 Å². The Labute approximate surface area is 148 Å². The van der Waals surface area contributed by atoms with Crippen LogP contribution in [0.4, 0.5) is 0 Å². The molecule has 2 aromatic carbocycles. The van der Waals surface area contributed by atoms with Gasteiger partial charge < -0.3 is 9.84 Å².